The predicted octanol–water partition coefficient (Wildman–Crippen LogP) is 4.55. The second-order valence-electron chi connectivity index (χ2n) is 7.28. The van der Waals surface area contributed by atoms with Gasteiger partial charge in [-0.15, -0.1) is 0 Å². The van der Waals surface area contributed by atoms with E-state index in [2.05, 4.69) is 0 Å². The Morgan fingerprint density at radius 1 is 1.00 bits per heavy atom. The maximum absolute atomic E-state index is 14.3. The predicted molar refractivity (Wildman–Crippen MR) is 88.0 cm³/mol. The van der Waals surface area contributed by atoms with Crippen LogP contribution >= 0.6 is 0 Å². The Morgan fingerprint density at radius 3 is 1.77 bits per heavy atom. The molecule has 0 spiro atoms. The van der Waals surface area contributed by atoms with Crippen molar-refractivity contribution >= 4 is 23.6 Å². The molecule has 26 heavy (non-hydrogen) atoms. The molecule has 0 aliphatic carbocycles. The lowest BCUT2D eigenvalue weighted by atomic mass is 10.2. The summed E-state index contributed by atoms with van der Waals surface area (Å²) in [4.78, 5) is 34.9. The van der Waals surface area contributed by atoms with Gasteiger partial charge in [-0.1, -0.05) is 0 Å². The van der Waals surface area contributed by atoms with Gasteiger partial charge in [-0.25, -0.2) is 18.4 Å². The topological polar surface area (TPSA) is 99.0 Å². The molecule has 2 amide bonds. The number of rotatable bonds is 2. The minimum Gasteiger partial charge on any atom is -0.443 e. The maximum Gasteiger partial charge on any atom is 0.424 e. The Labute approximate surface area is 148 Å². The third kappa shape index (κ3) is 5.36. The summed E-state index contributed by atoms with van der Waals surface area (Å²) in [6.07, 6.45) is -2.89. The van der Waals surface area contributed by atoms with E-state index in [4.69, 9.17) is 9.47 Å². The minimum absolute atomic E-state index is 0.0208. The highest BCUT2D eigenvalue weighted by molar-refractivity contribution is 6.11. The first-order chi connectivity index (χ1) is 11.6. The third-order valence-corrected chi connectivity index (χ3v) is 2.62. The lowest BCUT2D eigenvalue weighted by Gasteiger charge is -2.28. The first-order valence-electron chi connectivity index (χ1n) is 7.52. The molecule has 0 saturated carbocycles. The summed E-state index contributed by atoms with van der Waals surface area (Å²) < 4.78 is 38.0. The van der Waals surface area contributed by atoms with Crippen LogP contribution in [0.4, 0.5) is 29.7 Å². The largest absolute Gasteiger partial charge is 0.443 e. The van der Waals surface area contributed by atoms with E-state index in [0.29, 0.717) is 12.1 Å². The zero-order valence-electron chi connectivity index (χ0n) is 15.3. The van der Waals surface area contributed by atoms with Crippen LogP contribution in [0, 0.1) is 21.7 Å². The first-order valence-corrected chi connectivity index (χ1v) is 7.52. The molecule has 0 aliphatic rings. The molecule has 0 heterocycles. The molecule has 0 N–H and O–H groups in total. The number of nitro benzene ring substituents is 1. The zero-order chi connectivity index (χ0) is 20.4. The molecule has 0 aromatic heterocycles. The van der Waals surface area contributed by atoms with Crippen LogP contribution < -0.4 is 4.90 Å². The van der Waals surface area contributed by atoms with Crippen LogP contribution in [0.2, 0.25) is 0 Å². The van der Waals surface area contributed by atoms with E-state index in [0.717, 1.165) is 0 Å². The molecule has 10 heteroatoms. The number of ether oxygens (including phenoxy) is 2. The summed E-state index contributed by atoms with van der Waals surface area (Å²) in [6, 6.07) is 1.15. The van der Waals surface area contributed by atoms with Gasteiger partial charge in [0.1, 0.15) is 11.2 Å². The summed E-state index contributed by atoms with van der Waals surface area (Å²) in [5.74, 6) is -3.24. The number of halogens is 2. The number of carbonyl (C=O) groups excluding carboxylic acids is 2. The SMILES string of the molecule is CC(C)(C)OC(=O)N(C(=O)OC(C)(C)C)c1c([N+](=O)[O-])ccc(F)c1F. The summed E-state index contributed by atoms with van der Waals surface area (Å²) in [7, 11) is 0. The van der Waals surface area contributed by atoms with E-state index in [-0.39, 0.29) is 4.90 Å². The number of hydrogen-bond acceptors (Lipinski definition) is 6. The lowest BCUT2D eigenvalue weighted by Crippen LogP contribution is -2.44. The molecule has 1 aromatic carbocycles. The van der Waals surface area contributed by atoms with Gasteiger partial charge in [0, 0.05) is 6.07 Å². The average Bonchev–Trinajstić information content (AvgIpc) is 2.39. The minimum atomic E-state index is -1.75. The Bertz CT molecular complexity index is 709. The van der Waals surface area contributed by atoms with Crippen molar-refractivity contribution in [3.63, 3.8) is 0 Å². The maximum atomic E-state index is 14.3. The van der Waals surface area contributed by atoms with E-state index in [1.807, 2.05) is 0 Å². The fourth-order valence-corrected chi connectivity index (χ4v) is 1.76. The molecule has 0 aliphatic heterocycles. The molecule has 8 nitrogen and oxygen atoms in total. The van der Waals surface area contributed by atoms with E-state index < -0.39 is 51.3 Å². The smallest absolute Gasteiger partial charge is 0.424 e. The number of carbonyl (C=O) groups is 2. The second kappa shape index (κ2) is 7.22. The molecule has 1 aromatic rings. The summed E-state index contributed by atoms with van der Waals surface area (Å²) in [6.45, 7) is 8.80. The van der Waals surface area contributed by atoms with Gasteiger partial charge in [0.15, 0.2) is 17.3 Å². The molecule has 1 rings (SSSR count). The van der Waals surface area contributed by atoms with Crippen molar-refractivity contribution < 1.29 is 32.8 Å². The highest BCUT2D eigenvalue weighted by atomic mass is 19.2. The fourth-order valence-electron chi connectivity index (χ4n) is 1.76. The highest BCUT2D eigenvalue weighted by Gasteiger charge is 2.39. The fraction of sp³-hybridized carbons (Fsp3) is 0.500. The number of anilines is 1. The van der Waals surface area contributed by atoms with E-state index in [1.54, 1.807) is 0 Å². The standard InChI is InChI=1S/C16H20F2N2O6/c1-15(2,3)25-13(21)19(14(22)26-16(4,5)6)12-10(20(23)24)8-7-9(17)11(12)18/h7-8H,1-6H3. The normalized spacial score (nSPS) is 11.7. The Balaban J connectivity index is 3.61. The quantitative estimate of drug-likeness (QED) is 0.556. The molecular weight excluding hydrogens is 354 g/mol. The number of imide groups is 1. The van der Waals surface area contributed by atoms with E-state index in [1.165, 1.54) is 41.5 Å². The van der Waals surface area contributed by atoms with Gasteiger partial charge in [0.25, 0.3) is 5.69 Å². The Morgan fingerprint density at radius 2 is 1.42 bits per heavy atom. The van der Waals surface area contributed by atoms with Crippen molar-refractivity contribution in [3.05, 3.63) is 33.9 Å². The summed E-state index contributed by atoms with van der Waals surface area (Å²) >= 11 is 0. The number of nitro groups is 1. The van der Waals surface area contributed by atoms with Gasteiger partial charge in [0.05, 0.1) is 4.92 Å². The molecule has 144 valence electrons. The van der Waals surface area contributed by atoms with Gasteiger partial charge >= 0.3 is 12.2 Å². The number of hydrogen-bond donors (Lipinski definition) is 0. The van der Waals surface area contributed by atoms with Crippen molar-refractivity contribution in [1.82, 2.24) is 0 Å². The van der Waals surface area contributed by atoms with Crippen LogP contribution in [0.15, 0.2) is 12.1 Å². The molecular formula is C16H20F2N2O6. The van der Waals surface area contributed by atoms with Crippen molar-refractivity contribution in [3.8, 4) is 0 Å². The zero-order valence-corrected chi connectivity index (χ0v) is 15.3. The molecule has 0 atom stereocenters. The van der Waals surface area contributed by atoms with E-state index >= 15 is 0 Å². The van der Waals surface area contributed by atoms with Crippen LogP contribution in [-0.4, -0.2) is 28.3 Å². The Hall–Kier alpha value is -2.78. The number of nitrogens with zero attached hydrogens (tertiary/aromatic N) is 2. The van der Waals surface area contributed by atoms with Crippen molar-refractivity contribution in [1.29, 1.82) is 0 Å². The van der Waals surface area contributed by atoms with Gasteiger partial charge < -0.3 is 9.47 Å². The van der Waals surface area contributed by atoms with Crippen molar-refractivity contribution in [2.75, 3.05) is 4.90 Å². The first kappa shape index (κ1) is 21.3. The number of benzene rings is 1. The van der Waals surface area contributed by atoms with Gasteiger partial charge in [-0.2, -0.15) is 4.90 Å². The van der Waals surface area contributed by atoms with Crippen LogP contribution in [0.25, 0.3) is 0 Å². The van der Waals surface area contributed by atoms with Gasteiger partial charge in [0.2, 0.25) is 0 Å². The molecule has 0 radical (unpaired) electrons. The monoisotopic (exact) mass is 374 g/mol. The van der Waals surface area contributed by atoms with Crippen LogP contribution in [0.3, 0.4) is 0 Å². The lowest BCUT2D eigenvalue weighted by molar-refractivity contribution is -0.384. The molecule has 0 bridgehead atoms. The number of amides is 2. The third-order valence-electron chi connectivity index (χ3n) is 2.62. The van der Waals surface area contributed by atoms with Crippen molar-refractivity contribution in [2.24, 2.45) is 0 Å². The summed E-state index contributed by atoms with van der Waals surface area (Å²) in [5, 5.41) is 11.2. The Kier molecular flexibility index (Phi) is 5.91. The van der Waals surface area contributed by atoms with Crippen LogP contribution in [0.1, 0.15) is 41.5 Å². The van der Waals surface area contributed by atoms with Crippen LogP contribution in [0.5, 0.6) is 0 Å². The van der Waals surface area contributed by atoms with Crippen molar-refractivity contribution in [2.45, 2.75) is 52.7 Å². The average molecular weight is 374 g/mol. The molecule has 0 fully saturated rings. The van der Waals surface area contributed by atoms with Gasteiger partial charge in [-0.05, 0) is 47.6 Å². The van der Waals surface area contributed by atoms with Crippen LogP contribution in [-0.2, 0) is 9.47 Å². The van der Waals surface area contributed by atoms with E-state index in [9.17, 15) is 28.5 Å². The molecule has 0 unspecified atom stereocenters. The van der Waals surface area contributed by atoms with Gasteiger partial charge in [-0.3, -0.25) is 10.1 Å². The second-order valence-corrected chi connectivity index (χ2v) is 7.28. The summed E-state index contributed by atoms with van der Waals surface area (Å²) in [5.41, 5.74) is -4.43. The molecule has 0 saturated heterocycles. The highest BCUT2D eigenvalue weighted by Crippen LogP contribution is 2.34.